The van der Waals surface area contributed by atoms with Crippen molar-refractivity contribution >= 4 is 29.2 Å². The summed E-state index contributed by atoms with van der Waals surface area (Å²) in [5, 5.41) is 7.76. The Kier molecular flexibility index (Phi) is 5.03. The summed E-state index contributed by atoms with van der Waals surface area (Å²) in [6.45, 7) is 2.04. The lowest BCUT2D eigenvalue weighted by Crippen LogP contribution is -2.29. The molecule has 5 rings (SSSR count). The van der Waals surface area contributed by atoms with E-state index in [0.29, 0.717) is 39.0 Å². The van der Waals surface area contributed by atoms with Crippen LogP contribution in [0.3, 0.4) is 0 Å². The number of amides is 1. The largest absolute Gasteiger partial charge is 0.463 e. The molecule has 1 atom stereocenters. The molecule has 2 aromatic carbocycles. The number of H-pyrrole nitrogens is 1. The fourth-order valence-corrected chi connectivity index (χ4v) is 4.22. The molecule has 2 aromatic heterocycles. The van der Waals surface area contributed by atoms with Gasteiger partial charge in [-0.25, -0.2) is 4.79 Å². The number of carbonyl (C=O) groups is 2. The van der Waals surface area contributed by atoms with Crippen molar-refractivity contribution in [1.82, 2.24) is 10.2 Å². The average Bonchev–Trinajstić information content (AvgIpc) is 3.52. The maximum atomic E-state index is 13.5. The molecule has 4 aromatic rings. The van der Waals surface area contributed by atoms with E-state index in [-0.39, 0.29) is 12.5 Å². The molecule has 1 N–H and O–H groups in total. The molecule has 1 amide bonds. The lowest BCUT2D eigenvalue weighted by molar-refractivity contribution is 0.0526. The zero-order chi connectivity index (χ0) is 22.2. The summed E-state index contributed by atoms with van der Waals surface area (Å²) in [4.78, 5) is 27.1. The standard InChI is InChI=1S/C24H18ClN3O4/c1-2-31-24(30)14-9-11-15(12-10-14)28-22(16-6-3-4-7-17(16)25)19-20(18-8-5-13-32-18)26-27-21(19)23(28)29/h3-13,22H,2H2,1H3,(H,26,27)/t22-/m1/s1. The summed E-state index contributed by atoms with van der Waals surface area (Å²) in [7, 11) is 0. The van der Waals surface area contributed by atoms with Crippen molar-refractivity contribution in [2.75, 3.05) is 11.5 Å². The topological polar surface area (TPSA) is 88.4 Å². The molecule has 0 saturated carbocycles. The van der Waals surface area contributed by atoms with Crippen LogP contribution in [0.5, 0.6) is 0 Å². The van der Waals surface area contributed by atoms with Gasteiger partial charge in [0, 0.05) is 16.3 Å². The number of halogens is 1. The first-order valence-electron chi connectivity index (χ1n) is 10.1. The van der Waals surface area contributed by atoms with Gasteiger partial charge in [0.15, 0.2) is 11.5 Å². The van der Waals surface area contributed by atoms with Crippen LogP contribution in [0.15, 0.2) is 71.3 Å². The Morgan fingerprint density at radius 1 is 1.16 bits per heavy atom. The summed E-state index contributed by atoms with van der Waals surface area (Å²) in [6, 6.07) is 17.1. The van der Waals surface area contributed by atoms with Gasteiger partial charge in [-0.1, -0.05) is 29.8 Å². The molecule has 3 heterocycles. The first-order valence-corrected chi connectivity index (χ1v) is 10.4. The number of rotatable bonds is 5. The molecule has 0 unspecified atom stereocenters. The van der Waals surface area contributed by atoms with Crippen LogP contribution in [0.2, 0.25) is 5.02 Å². The van der Waals surface area contributed by atoms with Crippen molar-refractivity contribution in [3.63, 3.8) is 0 Å². The number of esters is 1. The molecule has 1 aliphatic rings. The molecule has 160 valence electrons. The maximum absolute atomic E-state index is 13.5. The third-order valence-electron chi connectivity index (χ3n) is 5.38. The molecular weight excluding hydrogens is 430 g/mol. The zero-order valence-corrected chi connectivity index (χ0v) is 17.8. The second-order valence-corrected chi connectivity index (χ2v) is 7.61. The number of furan rings is 1. The molecular formula is C24H18ClN3O4. The van der Waals surface area contributed by atoms with Crippen LogP contribution < -0.4 is 4.90 Å². The van der Waals surface area contributed by atoms with Crippen molar-refractivity contribution < 1.29 is 18.7 Å². The van der Waals surface area contributed by atoms with Crippen molar-refractivity contribution in [2.45, 2.75) is 13.0 Å². The van der Waals surface area contributed by atoms with E-state index in [9.17, 15) is 9.59 Å². The van der Waals surface area contributed by atoms with Gasteiger partial charge < -0.3 is 9.15 Å². The molecule has 0 saturated heterocycles. The van der Waals surface area contributed by atoms with E-state index in [2.05, 4.69) is 10.2 Å². The van der Waals surface area contributed by atoms with Crippen LogP contribution in [-0.4, -0.2) is 28.7 Å². The van der Waals surface area contributed by atoms with Crippen LogP contribution in [0.25, 0.3) is 11.5 Å². The van der Waals surface area contributed by atoms with Crippen molar-refractivity contribution in [3.8, 4) is 11.5 Å². The Hall–Kier alpha value is -3.84. The molecule has 8 heteroatoms. The van der Waals surface area contributed by atoms with Gasteiger partial charge in [0.05, 0.1) is 24.5 Å². The van der Waals surface area contributed by atoms with Gasteiger partial charge in [0.1, 0.15) is 5.69 Å². The van der Waals surface area contributed by atoms with Crippen LogP contribution in [-0.2, 0) is 4.74 Å². The van der Waals surface area contributed by atoms with Gasteiger partial charge in [0.25, 0.3) is 5.91 Å². The number of benzene rings is 2. The molecule has 0 aliphatic carbocycles. The highest BCUT2D eigenvalue weighted by molar-refractivity contribution is 6.31. The van der Waals surface area contributed by atoms with Gasteiger partial charge in [-0.15, -0.1) is 0 Å². The highest BCUT2D eigenvalue weighted by Crippen LogP contribution is 2.46. The minimum Gasteiger partial charge on any atom is -0.463 e. The summed E-state index contributed by atoms with van der Waals surface area (Å²) in [6.07, 6.45) is 1.57. The van der Waals surface area contributed by atoms with E-state index in [1.54, 1.807) is 60.6 Å². The molecule has 32 heavy (non-hydrogen) atoms. The minimum atomic E-state index is -0.529. The quantitative estimate of drug-likeness (QED) is 0.422. The summed E-state index contributed by atoms with van der Waals surface area (Å²) >= 11 is 6.56. The summed E-state index contributed by atoms with van der Waals surface area (Å²) < 4.78 is 10.6. The fraction of sp³-hybridized carbons (Fsp3) is 0.125. The highest BCUT2D eigenvalue weighted by atomic mass is 35.5. The molecule has 0 spiro atoms. The molecule has 0 radical (unpaired) electrons. The number of fused-ring (bicyclic) bond motifs is 1. The molecule has 0 bridgehead atoms. The van der Waals surface area contributed by atoms with E-state index < -0.39 is 12.0 Å². The third kappa shape index (κ3) is 3.18. The molecule has 1 aliphatic heterocycles. The fourth-order valence-electron chi connectivity index (χ4n) is 3.98. The second kappa shape index (κ2) is 8.01. The number of anilines is 1. The van der Waals surface area contributed by atoms with Crippen LogP contribution in [0.4, 0.5) is 5.69 Å². The number of ether oxygens (including phenoxy) is 1. The predicted molar refractivity (Wildman–Crippen MR) is 119 cm³/mol. The predicted octanol–water partition coefficient (Wildman–Crippen LogP) is 5.25. The first-order chi connectivity index (χ1) is 15.6. The van der Waals surface area contributed by atoms with Crippen molar-refractivity contribution in [2.24, 2.45) is 0 Å². The number of aromatic amines is 1. The van der Waals surface area contributed by atoms with Gasteiger partial charge >= 0.3 is 5.97 Å². The second-order valence-electron chi connectivity index (χ2n) is 7.20. The Bertz CT molecular complexity index is 1300. The van der Waals surface area contributed by atoms with E-state index in [1.807, 2.05) is 18.2 Å². The lowest BCUT2D eigenvalue weighted by Gasteiger charge is -2.27. The smallest absolute Gasteiger partial charge is 0.338 e. The van der Waals surface area contributed by atoms with Crippen molar-refractivity contribution in [3.05, 3.63) is 94.3 Å². The Morgan fingerprint density at radius 3 is 2.62 bits per heavy atom. The van der Waals surface area contributed by atoms with Gasteiger partial charge in [0.2, 0.25) is 0 Å². The normalized spacial score (nSPS) is 15.1. The zero-order valence-electron chi connectivity index (χ0n) is 17.0. The van der Waals surface area contributed by atoms with E-state index in [0.717, 1.165) is 5.56 Å². The first kappa shape index (κ1) is 20.1. The summed E-state index contributed by atoms with van der Waals surface area (Å²) in [5.41, 5.74) is 3.38. The van der Waals surface area contributed by atoms with Crippen LogP contribution in [0.1, 0.15) is 44.9 Å². The van der Waals surface area contributed by atoms with Crippen molar-refractivity contribution in [1.29, 1.82) is 0 Å². The van der Waals surface area contributed by atoms with Gasteiger partial charge in [-0.2, -0.15) is 5.10 Å². The lowest BCUT2D eigenvalue weighted by atomic mass is 9.97. The number of nitrogens with one attached hydrogen (secondary N) is 1. The number of carbonyl (C=O) groups excluding carboxylic acids is 2. The van der Waals surface area contributed by atoms with E-state index in [4.69, 9.17) is 20.8 Å². The van der Waals surface area contributed by atoms with Gasteiger partial charge in [-0.05, 0) is 55.0 Å². The monoisotopic (exact) mass is 447 g/mol. The SMILES string of the molecule is CCOC(=O)c1ccc(N2C(=O)c3n[nH]c(-c4ccco4)c3[C@H]2c2ccccc2Cl)cc1. The number of aromatic nitrogens is 2. The maximum Gasteiger partial charge on any atom is 0.338 e. The Labute approximate surface area is 188 Å². The van der Waals surface area contributed by atoms with E-state index >= 15 is 0 Å². The van der Waals surface area contributed by atoms with Crippen LogP contribution in [0, 0.1) is 0 Å². The molecule has 0 fully saturated rings. The number of hydrogen-bond donors (Lipinski definition) is 1. The number of hydrogen-bond acceptors (Lipinski definition) is 5. The third-order valence-corrected chi connectivity index (χ3v) is 5.73. The van der Waals surface area contributed by atoms with E-state index in [1.165, 1.54) is 0 Å². The average molecular weight is 448 g/mol. The minimum absolute atomic E-state index is 0.275. The Morgan fingerprint density at radius 2 is 1.94 bits per heavy atom. The molecule has 7 nitrogen and oxygen atoms in total. The van der Waals surface area contributed by atoms with Crippen LogP contribution >= 0.6 is 11.6 Å². The van der Waals surface area contributed by atoms with Gasteiger partial charge in [-0.3, -0.25) is 14.8 Å². The summed E-state index contributed by atoms with van der Waals surface area (Å²) in [5.74, 6) is -0.117. The number of nitrogens with zero attached hydrogens (tertiary/aromatic N) is 2. The Balaban J connectivity index is 1.65. The highest BCUT2D eigenvalue weighted by Gasteiger charge is 2.44.